The van der Waals surface area contributed by atoms with Gasteiger partial charge in [0, 0.05) is 0 Å². The van der Waals surface area contributed by atoms with E-state index in [0.29, 0.717) is 13.2 Å². The second kappa shape index (κ2) is 7.52. The minimum absolute atomic E-state index is 0.0294. The second-order valence-corrected chi connectivity index (χ2v) is 13.6. The van der Waals surface area contributed by atoms with Crippen molar-refractivity contribution in [2.45, 2.75) is 82.5 Å². The highest BCUT2D eigenvalue weighted by Crippen LogP contribution is 2.40. The zero-order valence-corrected chi connectivity index (χ0v) is 18.2. The van der Waals surface area contributed by atoms with Crippen molar-refractivity contribution in [3.05, 3.63) is 0 Å². The molecule has 1 heterocycles. The van der Waals surface area contributed by atoms with Gasteiger partial charge in [0.25, 0.3) is 0 Å². The minimum atomic E-state index is -2.09. The summed E-state index contributed by atoms with van der Waals surface area (Å²) in [7, 11) is -2.09. The lowest BCUT2D eigenvalue weighted by atomic mass is 10.1. The van der Waals surface area contributed by atoms with Crippen LogP contribution in [0.1, 0.15) is 41.5 Å². The molecule has 3 atom stereocenters. The zero-order valence-electron chi connectivity index (χ0n) is 15.6. The van der Waals surface area contributed by atoms with Crippen LogP contribution in [0, 0.1) is 0 Å². The molecule has 7 heteroatoms. The summed E-state index contributed by atoms with van der Waals surface area (Å²) in [6.45, 7) is 17.1. The van der Waals surface area contributed by atoms with Crippen molar-refractivity contribution < 1.29 is 23.4 Å². The molecule has 1 saturated heterocycles. The summed E-state index contributed by atoms with van der Waals surface area (Å²) >= 11 is 3.46. The Morgan fingerprint density at radius 3 is 2.35 bits per heavy atom. The van der Waals surface area contributed by atoms with Crippen LogP contribution < -0.4 is 0 Å². The van der Waals surface area contributed by atoms with Gasteiger partial charge in [-0.25, -0.2) is 0 Å². The highest BCUT2D eigenvalue weighted by atomic mass is 79.9. The Bertz CT molecular complexity index is 419. The van der Waals surface area contributed by atoms with Gasteiger partial charge in [-0.1, -0.05) is 36.7 Å². The van der Waals surface area contributed by atoms with E-state index >= 15 is 0 Å². The molecule has 0 N–H and O–H groups in total. The Labute approximate surface area is 149 Å². The average molecular weight is 411 g/mol. The van der Waals surface area contributed by atoms with E-state index in [4.69, 9.17) is 18.6 Å². The summed E-state index contributed by atoms with van der Waals surface area (Å²) < 4.78 is 23.3. The van der Waals surface area contributed by atoms with Gasteiger partial charge in [-0.15, -0.1) is 0 Å². The number of halogens is 1. The largest absolute Gasteiger partial charge is 0.465 e. The zero-order chi connectivity index (χ0) is 18.1. The Balaban J connectivity index is 3.00. The summed E-state index contributed by atoms with van der Waals surface area (Å²) in [4.78, 5) is 11.6. The summed E-state index contributed by atoms with van der Waals surface area (Å²) in [6, 6.07) is 0. The number of ether oxygens (including phenoxy) is 3. The SMILES string of the molecule is CCOC(=O)C(Br)[C@H](O[Si](C)(C)C(C)(C)C)[C@H]1COC(C)(C)O1. The van der Waals surface area contributed by atoms with Crippen molar-refractivity contribution in [2.24, 2.45) is 0 Å². The van der Waals surface area contributed by atoms with Crippen molar-refractivity contribution in [3.63, 3.8) is 0 Å². The molecule has 0 aliphatic carbocycles. The van der Waals surface area contributed by atoms with E-state index < -0.39 is 25.0 Å². The van der Waals surface area contributed by atoms with Crippen molar-refractivity contribution in [2.75, 3.05) is 13.2 Å². The number of carbonyl (C=O) groups is 1. The lowest BCUT2D eigenvalue weighted by Gasteiger charge is -2.41. The van der Waals surface area contributed by atoms with E-state index in [9.17, 15) is 4.79 Å². The van der Waals surface area contributed by atoms with Crippen LogP contribution >= 0.6 is 15.9 Å². The second-order valence-electron chi connectivity index (χ2n) is 7.86. The molecule has 0 spiro atoms. The molecule has 0 saturated carbocycles. The van der Waals surface area contributed by atoms with Crippen LogP contribution in [0.4, 0.5) is 0 Å². The number of esters is 1. The van der Waals surface area contributed by atoms with Gasteiger partial charge < -0.3 is 18.6 Å². The Morgan fingerprint density at radius 2 is 1.96 bits per heavy atom. The van der Waals surface area contributed by atoms with E-state index in [1.54, 1.807) is 6.92 Å². The first kappa shape index (κ1) is 21.1. The van der Waals surface area contributed by atoms with Crippen LogP contribution in [-0.4, -0.2) is 50.3 Å². The summed E-state index contributed by atoms with van der Waals surface area (Å²) in [5, 5.41) is 0.0294. The van der Waals surface area contributed by atoms with Gasteiger partial charge in [0.15, 0.2) is 14.1 Å². The molecule has 5 nitrogen and oxygen atoms in total. The van der Waals surface area contributed by atoms with Crippen molar-refractivity contribution in [1.82, 2.24) is 0 Å². The van der Waals surface area contributed by atoms with Gasteiger partial charge in [-0.3, -0.25) is 4.79 Å². The third kappa shape index (κ3) is 5.52. The van der Waals surface area contributed by atoms with Gasteiger partial charge in [-0.2, -0.15) is 0 Å². The lowest BCUT2D eigenvalue weighted by molar-refractivity contribution is -0.157. The standard InChI is InChI=1S/C16H31BrO5Si/c1-9-19-14(18)12(17)13(11-10-20-16(5,6)21-11)22-23(7,8)15(2,3)4/h11-13H,9-10H2,1-8H3/t11-,12?,13-/m1/s1. The molecular formula is C16H31BrO5Si. The van der Waals surface area contributed by atoms with E-state index in [1.807, 2.05) is 13.8 Å². The molecule has 1 rings (SSSR count). The molecule has 1 aliphatic rings. The number of rotatable bonds is 6. The lowest BCUT2D eigenvalue weighted by Crippen LogP contribution is -2.52. The van der Waals surface area contributed by atoms with Crippen LogP contribution in [0.5, 0.6) is 0 Å². The van der Waals surface area contributed by atoms with Gasteiger partial charge >= 0.3 is 5.97 Å². The fourth-order valence-corrected chi connectivity index (χ4v) is 4.18. The summed E-state index contributed by atoms with van der Waals surface area (Å²) in [5.74, 6) is -0.995. The maximum absolute atomic E-state index is 12.2. The first-order valence-electron chi connectivity index (χ1n) is 8.11. The highest BCUT2D eigenvalue weighted by Gasteiger charge is 2.48. The van der Waals surface area contributed by atoms with Crippen molar-refractivity contribution >= 4 is 30.2 Å². The van der Waals surface area contributed by atoms with Crippen LogP contribution in [0.15, 0.2) is 0 Å². The minimum Gasteiger partial charge on any atom is -0.465 e. The smallest absolute Gasteiger partial charge is 0.322 e. The van der Waals surface area contributed by atoms with E-state index in [1.165, 1.54) is 0 Å². The molecule has 23 heavy (non-hydrogen) atoms. The number of hydrogen-bond donors (Lipinski definition) is 0. The van der Waals surface area contributed by atoms with Crippen molar-refractivity contribution in [1.29, 1.82) is 0 Å². The monoisotopic (exact) mass is 410 g/mol. The third-order valence-corrected chi connectivity index (χ3v) is 9.80. The van der Waals surface area contributed by atoms with E-state index in [0.717, 1.165) is 0 Å². The third-order valence-electron chi connectivity index (χ3n) is 4.43. The Morgan fingerprint density at radius 1 is 1.39 bits per heavy atom. The van der Waals surface area contributed by atoms with Crippen LogP contribution in [0.2, 0.25) is 18.1 Å². The first-order valence-corrected chi connectivity index (χ1v) is 11.9. The average Bonchev–Trinajstić information content (AvgIpc) is 2.74. The van der Waals surface area contributed by atoms with Gasteiger partial charge in [0.2, 0.25) is 0 Å². The quantitative estimate of drug-likeness (QED) is 0.378. The van der Waals surface area contributed by atoms with Crippen LogP contribution in [-0.2, 0) is 23.4 Å². The molecule has 1 unspecified atom stereocenters. The van der Waals surface area contributed by atoms with E-state index in [-0.39, 0.29) is 17.1 Å². The summed E-state index contributed by atoms with van der Waals surface area (Å²) in [5.41, 5.74) is 0. The number of carbonyl (C=O) groups excluding carboxylic acids is 1. The predicted octanol–water partition coefficient (Wildman–Crippen LogP) is 3.85. The number of hydrogen-bond acceptors (Lipinski definition) is 5. The first-order chi connectivity index (χ1) is 10.3. The molecule has 136 valence electrons. The molecule has 1 aliphatic heterocycles. The predicted molar refractivity (Wildman–Crippen MR) is 96.3 cm³/mol. The summed E-state index contributed by atoms with van der Waals surface area (Å²) in [6.07, 6.45) is -0.760. The van der Waals surface area contributed by atoms with Crippen LogP contribution in [0.25, 0.3) is 0 Å². The highest BCUT2D eigenvalue weighted by molar-refractivity contribution is 9.10. The molecule has 0 aromatic rings. The van der Waals surface area contributed by atoms with Gasteiger partial charge in [0.1, 0.15) is 10.9 Å². The number of alkyl halides is 1. The fourth-order valence-electron chi connectivity index (χ4n) is 2.07. The van der Waals surface area contributed by atoms with Crippen LogP contribution in [0.3, 0.4) is 0 Å². The topological polar surface area (TPSA) is 54.0 Å². The van der Waals surface area contributed by atoms with Gasteiger partial charge in [0.05, 0.1) is 19.3 Å². The fraction of sp³-hybridized carbons (Fsp3) is 0.938. The Kier molecular flexibility index (Phi) is 6.89. The Hall–Kier alpha value is 0.0469. The normalized spacial score (nSPS) is 24.3. The molecule has 0 bridgehead atoms. The molecule has 0 aromatic carbocycles. The van der Waals surface area contributed by atoms with Crippen molar-refractivity contribution in [3.8, 4) is 0 Å². The molecular weight excluding hydrogens is 380 g/mol. The molecule has 0 amide bonds. The maximum atomic E-state index is 12.2. The van der Waals surface area contributed by atoms with Gasteiger partial charge in [-0.05, 0) is 38.9 Å². The maximum Gasteiger partial charge on any atom is 0.322 e. The molecule has 1 fully saturated rings. The van der Waals surface area contributed by atoms with E-state index in [2.05, 4.69) is 49.8 Å². The molecule has 0 aromatic heterocycles. The molecule has 0 radical (unpaired) electrons.